The number of hydrogen-bond donors (Lipinski definition) is 3. The van der Waals surface area contributed by atoms with Crippen molar-refractivity contribution in [3.8, 4) is 0 Å². The lowest BCUT2D eigenvalue weighted by molar-refractivity contribution is 0.00316. The van der Waals surface area contributed by atoms with Crippen molar-refractivity contribution in [1.29, 1.82) is 0 Å². The fraction of sp³-hybridized carbons (Fsp3) is 0.444. The van der Waals surface area contributed by atoms with E-state index in [-0.39, 0.29) is 12.2 Å². The van der Waals surface area contributed by atoms with Crippen LogP contribution in [0.25, 0.3) is 0 Å². The van der Waals surface area contributed by atoms with Gasteiger partial charge in [-0.15, -0.1) is 0 Å². The SMILES string of the molecule is CC(O)(CO)CNC(=O)c1cnccn1. The van der Waals surface area contributed by atoms with E-state index in [1.807, 2.05) is 0 Å². The Morgan fingerprint density at radius 3 is 2.87 bits per heavy atom. The first-order chi connectivity index (χ1) is 7.05. The molecular weight excluding hydrogens is 198 g/mol. The molecule has 15 heavy (non-hydrogen) atoms. The Balaban J connectivity index is 2.51. The van der Waals surface area contributed by atoms with Gasteiger partial charge in [0.2, 0.25) is 0 Å². The third kappa shape index (κ3) is 3.61. The van der Waals surface area contributed by atoms with Gasteiger partial charge >= 0.3 is 0 Å². The van der Waals surface area contributed by atoms with Crippen molar-refractivity contribution in [2.75, 3.05) is 13.2 Å². The van der Waals surface area contributed by atoms with Gasteiger partial charge in [-0.2, -0.15) is 0 Å². The van der Waals surface area contributed by atoms with Crippen molar-refractivity contribution in [3.05, 3.63) is 24.3 Å². The van der Waals surface area contributed by atoms with E-state index >= 15 is 0 Å². The lowest BCUT2D eigenvalue weighted by atomic mass is 10.1. The van der Waals surface area contributed by atoms with Crippen molar-refractivity contribution in [1.82, 2.24) is 15.3 Å². The fourth-order valence-electron chi connectivity index (χ4n) is 0.834. The molecular formula is C9H13N3O3. The molecule has 0 saturated heterocycles. The van der Waals surface area contributed by atoms with E-state index in [4.69, 9.17) is 5.11 Å². The van der Waals surface area contributed by atoms with Crippen LogP contribution in [0.3, 0.4) is 0 Å². The zero-order valence-corrected chi connectivity index (χ0v) is 8.34. The molecule has 6 nitrogen and oxygen atoms in total. The summed E-state index contributed by atoms with van der Waals surface area (Å²) in [5.41, 5.74) is -1.15. The molecule has 0 radical (unpaired) electrons. The molecule has 1 rings (SSSR count). The van der Waals surface area contributed by atoms with E-state index in [0.29, 0.717) is 0 Å². The summed E-state index contributed by atoms with van der Waals surface area (Å²) in [6.45, 7) is 0.955. The van der Waals surface area contributed by atoms with Crippen molar-refractivity contribution in [2.45, 2.75) is 12.5 Å². The first kappa shape index (κ1) is 11.5. The number of aliphatic hydroxyl groups is 2. The van der Waals surface area contributed by atoms with Crippen LogP contribution in [0.15, 0.2) is 18.6 Å². The lowest BCUT2D eigenvalue weighted by Gasteiger charge is -2.20. The van der Waals surface area contributed by atoms with Crippen LogP contribution in [0.2, 0.25) is 0 Å². The highest BCUT2D eigenvalue weighted by Crippen LogP contribution is 1.99. The summed E-state index contributed by atoms with van der Waals surface area (Å²) in [6, 6.07) is 0. The van der Waals surface area contributed by atoms with Crippen molar-refractivity contribution < 1.29 is 15.0 Å². The average Bonchev–Trinajstić information content (AvgIpc) is 2.27. The number of nitrogens with one attached hydrogen (secondary N) is 1. The molecule has 1 aromatic rings. The van der Waals surface area contributed by atoms with Gasteiger partial charge in [0.15, 0.2) is 0 Å². The standard InChI is InChI=1S/C9H13N3O3/c1-9(15,6-13)5-12-8(14)7-4-10-2-3-11-7/h2-4,13,15H,5-6H2,1H3,(H,12,14). The number of aliphatic hydroxyl groups excluding tert-OH is 1. The first-order valence-electron chi connectivity index (χ1n) is 4.42. The second kappa shape index (κ2) is 4.81. The number of amides is 1. The molecule has 0 aliphatic rings. The summed E-state index contributed by atoms with van der Waals surface area (Å²) in [4.78, 5) is 18.9. The Labute approximate surface area is 87.0 Å². The van der Waals surface area contributed by atoms with Gasteiger partial charge in [0.25, 0.3) is 5.91 Å². The van der Waals surface area contributed by atoms with Gasteiger partial charge < -0.3 is 15.5 Å². The van der Waals surface area contributed by atoms with E-state index in [0.717, 1.165) is 0 Å². The Morgan fingerprint density at radius 2 is 2.33 bits per heavy atom. The number of nitrogens with zero attached hydrogens (tertiary/aromatic N) is 2. The molecule has 0 fully saturated rings. The second-order valence-corrected chi connectivity index (χ2v) is 3.43. The molecule has 1 unspecified atom stereocenters. The minimum absolute atomic E-state index is 0.0428. The quantitative estimate of drug-likeness (QED) is 0.590. The van der Waals surface area contributed by atoms with Crippen LogP contribution in [0.5, 0.6) is 0 Å². The summed E-state index contributed by atoms with van der Waals surface area (Å²) in [6.07, 6.45) is 4.18. The maximum absolute atomic E-state index is 11.4. The molecule has 0 saturated carbocycles. The predicted octanol–water partition coefficient (Wildman–Crippen LogP) is -1.05. The summed E-state index contributed by atoms with van der Waals surface area (Å²) >= 11 is 0. The van der Waals surface area contributed by atoms with Gasteiger partial charge in [-0.25, -0.2) is 4.98 Å². The normalized spacial score (nSPS) is 14.3. The number of carbonyl (C=O) groups is 1. The highest BCUT2D eigenvalue weighted by atomic mass is 16.3. The summed E-state index contributed by atoms with van der Waals surface area (Å²) < 4.78 is 0. The van der Waals surface area contributed by atoms with Crippen molar-refractivity contribution in [3.63, 3.8) is 0 Å². The molecule has 1 aromatic heterocycles. The highest BCUT2D eigenvalue weighted by Gasteiger charge is 2.20. The van der Waals surface area contributed by atoms with Crippen LogP contribution in [0.1, 0.15) is 17.4 Å². The molecule has 6 heteroatoms. The first-order valence-corrected chi connectivity index (χ1v) is 4.42. The van der Waals surface area contributed by atoms with Crippen LogP contribution in [0.4, 0.5) is 0 Å². The number of hydrogen-bond acceptors (Lipinski definition) is 5. The zero-order valence-electron chi connectivity index (χ0n) is 8.34. The van der Waals surface area contributed by atoms with Gasteiger partial charge in [0.05, 0.1) is 12.8 Å². The number of aromatic nitrogens is 2. The summed E-state index contributed by atoms with van der Waals surface area (Å²) in [7, 11) is 0. The molecule has 0 spiro atoms. The van der Waals surface area contributed by atoms with Gasteiger partial charge in [0.1, 0.15) is 11.3 Å². The van der Waals surface area contributed by atoms with Crippen LogP contribution < -0.4 is 5.32 Å². The third-order valence-corrected chi connectivity index (χ3v) is 1.77. The number of rotatable bonds is 4. The largest absolute Gasteiger partial charge is 0.393 e. The van der Waals surface area contributed by atoms with E-state index in [2.05, 4.69) is 15.3 Å². The van der Waals surface area contributed by atoms with E-state index in [1.165, 1.54) is 25.5 Å². The highest BCUT2D eigenvalue weighted by molar-refractivity contribution is 5.91. The molecule has 0 bridgehead atoms. The smallest absolute Gasteiger partial charge is 0.271 e. The molecule has 1 amide bonds. The van der Waals surface area contributed by atoms with E-state index < -0.39 is 18.1 Å². The Morgan fingerprint density at radius 1 is 1.60 bits per heavy atom. The van der Waals surface area contributed by atoms with Crippen molar-refractivity contribution >= 4 is 5.91 Å². The minimum atomic E-state index is -1.32. The topological polar surface area (TPSA) is 95.3 Å². The Bertz CT molecular complexity index is 327. The molecule has 1 heterocycles. The van der Waals surface area contributed by atoms with E-state index in [1.54, 1.807) is 0 Å². The van der Waals surface area contributed by atoms with Crippen LogP contribution >= 0.6 is 0 Å². The molecule has 0 aliphatic heterocycles. The Kier molecular flexibility index (Phi) is 3.70. The molecule has 3 N–H and O–H groups in total. The summed E-state index contributed by atoms with van der Waals surface area (Å²) in [5.74, 6) is -0.433. The number of carbonyl (C=O) groups excluding carboxylic acids is 1. The zero-order chi connectivity index (χ0) is 11.3. The van der Waals surface area contributed by atoms with Crippen LogP contribution in [-0.2, 0) is 0 Å². The van der Waals surface area contributed by atoms with Crippen LogP contribution in [0, 0.1) is 0 Å². The minimum Gasteiger partial charge on any atom is -0.393 e. The maximum Gasteiger partial charge on any atom is 0.271 e. The summed E-state index contributed by atoms with van der Waals surface area (Å²) in [5, 5.41) is 20.6. The van der Waals surface area contributed by atoms with Crippen LogP contribution in [-0.4, -0.2) is 44.8 Å². The Hall–Kier alpha value is -1.53. The lowest BCUT2D eigenvalue weighted by Crippen LogP contribution is -2.43. The predicted molar refractivity (Wildman–Crippen MR) is 52.1 cm³/mol. The second-order valence-electron chi connectivity index (χ2n) is 3.43. The molecule has 0 aromatic carbocycles. The van der Waals surface area contributed by atoms with Gasteiger partial charge in [-0.05, 0) is 6.92 Å². The maximum atomic E-state index is 11.4. The third-order valence-electron chi connectivity index (χ3n) is 1.77. The molecule has 1 atom stereocenters. The van der Waals surface area contributed by atoms with Gasteiger partial charge in [0, 0.05) is 18.9 Å². The molecule has 0 aliphatic carbocycles. The van der Waals surface area contributed by atoms with E-state index in [9.17, 15) is 9.90 Å². The fourth-order valence-corrected chi connectivity index (χ4v) is 0.834. The van der Waals surface area contributed by atoms with Gasteiger partial charge in [-0.3, -0.25) is 9.78 Å². The monoisotopic (exact) mass is 211 g/mol. The van der Waals surface area contributed by atoms with Crippen molar-refractivity contribution in [2.24, 2.45) is 0 Å². The molecule has 82 valence electrons. The van der Waals surface area contributed by atoms with Gasteiger partial charge in [-0.1, -0.05) is 0 Å². The average molecular weight is 211 g/mol.